The van der Waals surface area contributed by atoms with Crippen molar-refractivity contribution in [2.24, 2.45) is 5.92 Å². The van der Waals surface area contributed by atoms with Crippen LogP contribution in [0.15, 0.2) is 24.3 Å². The number of halogens is 2. The fourth-order valence-corrected chi connectivity index (χ4v) is 2.53. The van der Waals surface area contributed by atoms with Gasteiger partial charge in [0.1, 0.15) is 0 Å². The topological polar surface area (TPSA) is 3.24 Å². The van der Waals surface area contributed by atoms with Crippen LogP contribution in [0.25, 0.3) is 0 Å². The van der Waals surface area contributed by atoms with Crippen molar-refractivity contribution < 1.29 is 0 Å². The lowest BCUT2D eigenvalue weighted by Crippen LogP contribution is -2.20. The minimum absolute atomic E-state index is 0.296. The van der Waals surface area contributed by atoms with Gasteiger partial charge in [-0.3, -0.25) is 4.90 Å². The number of likely N-dealkylation sites (tertiary alicyclic amines) is 1. The average Bonchev–Trinajstić information content (AvgIpc) is 2.45. The van der Waals surface area contributed by atoms with Gasteiger partial charge < -0.3 is 0 Å². The molecule has 0 amide bonds. The van der Waals surface area contributed by atoms with Gasteiger partial charge in [0, 0.05) is 24.7 Å². The summed E-state index contributed by atoms with van der Waals surface area (Å²) in [7, 11) is 0. The minimum Gasteiger partial charge on any atom is -0.297 e. The molecule has 0 aliphatic carbocycles. The lowest BCUT2D eigenvalue weighted by atomic mass is 10.1. The maximum absolute atomic E-state index is 6.19. The second-order valence-electron chi connectivity index (χ2n) is 4.32. The monoisotopic (exact) mass is 243 g/mol. The Morgan fingerprint density at radius 3 is 2.80 bits per heavy atom. The first-order valence-corrected chi connectivity index (χ1v) is 6.07. The highest BCUT2D eigenvalue weighted by Crippen LogP contribution is 2.23. The molecule has 0 saturated carbocycles. The molecule has 1 aliphatic rings. The Hall–Kier alpha value is -0.240. The van der Waals surface area contributed by atoms with E-state index in [4.69, 9.17) is 23.2 Å². The summed E-state index contributed by atoms with van der Waals surface area (Å²) in [4.78, 5) is 2.38. The predicted octanol–water partition coefficient (Wildman–Crippen LogP) is 3.40. The van der Waals surface area contributed by atoms with Crippen molar-refractivity contribution >= 4 is 23.2 Å². The molecule has 1 heterocycles. The van der Waals surface area contributed by atoms with Crippen molar-refractivity contribution in [2.75, 3.05) is 13.1 Å². The minimum atomic E-state index is 0.296. The normalized spacial score (nSPS) is 27.1. The Morgan fingerprint density at radius 2 is 2.20 bits per heavy atom. The van der Waals surface area contributed by atoms with Gasteiger partial charge in [0.15, 0.2) is 0 Å². The van der Waals surface area contributed by atoms with Gasteiger partial charge in [-0.2, -0.15) is 0 Å². The Kier molecular flexibility index (Phi) is 3.55. The summed E-state index contributed by atoms with van der Waals surface area (Å²) in [5, 5.41) is 1.10. The molecule has 2 unspecified atom stereocenters. The quantitative estimate of drug-likeness (QED) is 0.721. The second kappa shape index (κ2) is 4.73. The Labute approximate surface area is 101 Å². The van der Waals surface area contributed by atoms with Crippen LogP contribution in [-0.4, -0.2) is 23.4 Å². The summed E-state index contributed by atoms with van der Waals surface area (Å²) in [5.41, 5.74) is 1.26. The van der Waals surface area contributed by atoms with Crippen molar-refractivity contribution in [3.8, 4) is 0 Å². The third kappa shape index (κ3) is 2.87. The van der Waals surface area contributed by atoms with E-state index in [0.717, 1.165) is 24.7 Å². The maximum atomic E-state index is 6.19. The fraction of sp³-hybridized carbons (Fsp3) is 0.500. The smallest absolute Gasteiger partial charge is 0.0501 e. The van der Waals surface area contributed by atoms with E-state index in [1.165, 1.54) is 5.56 Å². The van der Waals surface area contributed by atoms with E-state index in [9.17, 15) is 0 Å². The molecule has 82 valence electrons. The predicted molar refractivity (Wildman–Crippen MR) is 65.5 cm³/mol. The molecule has 0 bridgehead atoms. The number of benzene rings is 1. The van der Waals surface area contributed by atoms with Gasteiger partial charge in [0.2, 0.25) is 0 Å². The average molecular weight is 244 g/mol. The Balaban J connectivity index is 1.98. The van der Waals surface area contributed by atoms with Crippen LogP contribution in [0.1, 0.15) is 12.5 Å². The molecule has 15 heavy (non-hydrogen) atoms. The van der Waals surface area contributed by atoms with E-state index in [-0.39, 0.29) is 0 Å². The second-order valence-corrected chi connectivity index (χ2v) is 5.31. The van der Waals surface area contributed by atoms with E-state index in [1.54, 1.807) is 0 Å². The number of alkyl halides is 1. The van der Waals surface area contributed by atoms with Crippen LogP contribution in [0.3, 0.4) is 0 Å². The highest BCUT2D eigenvalue weighted by atomic mass is 35.5. The van der Waals surface area contributed by atoms with Gasteiger partial charge in [0.05, 0.1) is 5.38 Å². The first-order chi connectivity index (χ1) is 7.15. The summed E-state index contributed by atoms with van der Waals surface area (Å²) in [6.45, 7) is 5.22. The zero-order chi connectivity index (χ0) is 10.8. The van der Waals surface area contributed by atoms with Gasteiger partial charge in [-0.15, -0.1) is 11.6 Å². The molecule has 0 spiro atoms. The molecule has 1 aliphatic heterocycles. The van der Waals surface area contributed by atoms with Gasteiger partial charge in [-0.25, -0.2) is 0 Å². The van der Waals surface area contributed by atoms with Crippen molar-refractivity contribution in [1.29, 1.82) is 0 Å². The van der Waals surface area contributed by atoms with Gasteiger partial charge in [-0.1, -0.05) is 30.7 Å². The molecule has 0 radical (unpaired) electrons. The summed E-state index contributed by atoms with van der Waals surface area (Å²) in [6, 6.07) is 8.03. The van der Waals surface area contributed by atoms with Crippen molar-refractivity contribution in [3.05, 3.63) is 34.9 Å². The van der Waals surface area contributed by atoms with Crippen molar-refractivity contribution in [2.45, 2.75) is 18.8 Å². The maximum Gasteiger partial charge on any atom is 0.0501 e. The van der Waals surface area contributed by atoms with Gasteiger partial charge in [-0.05, 0) is 23.6 Å². The fourth-order valence-electron chi connectivity index (χ4n) is 2.05. The highest BCUT2D eigenvalue weighted by molar-refractivity contribution is 6.30. The molecule has 2 atom stereocenters. The molecule has 0 aromatic heterocycles. The van der Waals surface area contributed by atoms with E-state index < -0.39 is 0 Å². The van der Waals surface area contributed by atoms with Crippen LogP contribution in [0.2, 0.25) is 5.02 Å². The number of rotatable bonds is 2. The summed E-state index contributed by atoms with van der Waals surface area (Å²) in [6.07, 6.45) is 0. The first kappa shape index (κ1) is 11.3. The molecule has 1 fully saturated rings. The summed E-state index contributed by atoms with van der Waals surface area (Å²) >= 11 is 12.1. The standard InChI is InChI=1S/C12H15Cl2N/c1-9-6-15(8-12(9)14)7-10-3-2-4-11(13)5-10/h2-5,9,12H,6-8H2,1H3. The van der Waals surface area contributed by atoms with Crippen molar-refractivity contribution in [3.63, 3.8) is 0 Å². The number of hydrogen-bond donors (Lipinski definition) is 0. The lowest BCUT2D eigenvalue weighted by Gasteiger charge is -2.15. The van der Waals surface area contributed by atoms with E-state index >= 15 is 0 Å². The molecule has 0 N–H and O–H groups in total. The zero-order valence-electron chi connectivity index (χ0n) is 8.79. The van der Waals surface area contributed by atoms with Crippen LogP contribution in [0.4, 0.5) is 0 Å². The Bertz CT molecular complexity index is 330. The number of hydrogen-bond acceptors (Lipinski definition) is 1. The van der Waals surface area contributed by atoms with E-state index in [2.05, 4.69) is 17.9 Å². The molecule has 1 saturated heterocycles. The first-order valence-electron chi connectivity index (χ1n) is 5.26. The third-order valence-electron chi connectivity index (χ3n) is 2.89. The molecular formula is C12H15Cl2N. The SMILES string of the molecule is CC1CN(Cc2cccc(Cl)c2)CC1Cl. The van der Waals surface area contributed by atoms with E-state index in [0.29, 0.717) is 11.3 Å². The van der Waals surface area contributed by atoms with Crippen LogP contribution < -0.4 is 0 Å². The van der Waals surface area contributed by atoms with Crippen LogP contribution in [-0.2, 0) is 6.54 Å². The van der Waals surface area contributed by atoms with Gasteiger partial charge in [0.25, 0.3) is 0 Å². The Morgan fingerprint density at radius 1 is 1.40 bits per heavy atom. The molecule has 1 nitrogen and oxygen atoms in total. The highest BCUT2D eigenvalue weighted by Gasteiger charge is 2.27. The lowest BCUT2D eigenvalue weighted by molar-refractivity contribution is 0.320. The number of nitrogens with zero attached hydrogens (tertiary/aromatic N) is 1. The molecule has 1 aromatic rings. The summed E-state index contributed by atoms with van der Waals surface area (Å²) < 4.78 is 0. The van der Waals surface area contributed by atoms with E-state index in [1.807, 2.05) is 18.2 Å². The van der Waals surface area contributed by atoms with Gasteiger partial charge >= 0.3 is 0 Å². The van der Waals surface area contributed by atoms with Crippen LogP contribution in [0.5, 0.6) is 0 Å². The third-order valence-corrected chi connectivity index (χ3v) is 3.69. The molecule has 2 rings (SSSR count). The van der Waals surface area contributed by atoms with Crippen LogP contribution in [0, 0.1) is 5.92 Å². The molecule has 3 heteroatoms. The van der Waals surface area contributed by atoms with Crippen LogP contribution >= 0.6 is 23.2 Å². The summed E-state index contributed by atoms with van der Waals surface area (Å²) in [5.74, 6) is 0.589. The zero-order valence-corrected chi connectivity index (χ0v) is 10.3. The molecule has 1 aromatic carbocycles. The van der Waals surface area contributed by atoms with Crippen molar-refractivity contribution in [1.82, 2.24) is 4.90 Å². The largest absolute Gasteiger partial charge is 0.297 e. The molecular weight excluding hydrogens is 229 g/mol.